The standard InChI is InChI=1S/C24H23N3O4/c1-4-31-21-13-16(25)8-9-18(21)24(28)27-14-19(17-6-5-11-26-23(17)27)15-7-10-20(29-2)22(12-15)30-3/h5-14H,4,25H2,1-3H3. The molecule has 158 valence electrons. The molecule has 7 nitrogen and oxygen atoms in total. The number of hydrogen-bond acceptors (Lipinski definition) is 6. The molecular formula is C24H23N3O4. The van der Waals surface area contributed by atoms with Crippen LogP contribution in [0.15, 0.2) is 60.9 Å². The van der Waals surface area contributed by atoms with Crippen LogP contribution in [0.5, 0.6) is 17.2 Å². The highest BCUT2D eigenvalue weighted by Gasteiger charge is 2.21. The normalized spacial score (nSPS) is 10.8. The molecule has 31 heavy (non-hydrogen) atoms. The molecule has 4 rings (SSSR count). The van der Waals surface area contributed by atoms with Gasteiger partial charge in [-0.05, 0) is 48.9 Å². The van der Waals surface area contributed by atoms with E-state index in [9.17, 15) is 4.79 Å². The van der Waals surface area contributed by atoms with Gasteiger partial charge in [0.05, 0.1) is 26.4 Å². The summed E-state index contributed by atoms with van der Waals surface area (Å²) < 4.78 is 18.0. The van der Waals surface area contributed by atoms with Crippen LogP contribution in [-0.4, -0.2) is 36.3 Å². The number of rotatable bonds is 6. The summed E-state index contributed by atoms with van der Waals surface area (Å²) in [5, 5.41) is 0.844. The molecule has 0 unspecified atom stereocenters. The lowest BCUT2D eigenvalue weighted by Gasteiger charge is -2.11. The van der Waals surface area contributed by atoms with Gasteiger partial charge in [0.2, 0.25) is 0 Å². The number of carbonyl (C=O) groups excluding carboxylic acids is 1. The molecule has 0 aliphatic rings. The molecule has 0 bridgehead atoms. The van der Waals surface area contributed by atoms with Gasteiger partial charge >= 0.3 is 0 Å². The molecule has 2 heterocycles. The zero-order valence-corrected chi connectivity index (χ0v) is 17.6. The highest BCUT2D eigenvalue weighted by molar-refractivity contribution is 6.07. The van der Waals surface area contributed by atoms with Gasteiger partial charge in [0, 0.05) is 35.1 Å². The van der Waals surface area contributed by atoms with E-state index in [1.807, 2.05) is 37.3 Å². The third kappa shape index (κ3) is 3.66. The summed E-state index contributed by atoms with van der Waals surface area (Å²) in [6.45, 7) is 2.28. The minimum atomic E-state index is -0.251. The zero-order chi connectivity index (χ0) is 22.0. The van der Waals surface area contributed by atoms with Crippen molar-refractivity contribution >= 4 is 22.6 Å². The SMILES string of the molecule is CCOc1cc(N)ccc1C(=O)n1cc(-c2ccc(OC)c(OC)c2)c2cccnc21. The summed E-state index contributed by atoms with van der Waals surface area (Å²) >= 11 is 0. The highest BCUT2D eigenvalue weighted by Crippen LogP contribution is 2.36. The average molecular weight is 417 g/mol. The van der Waals surface area contributed by atoms with Gasteiger partial charge in [-0.1, -0.05) is 6.07 Å². The fraction of sp³-hybridized carbons (Fsp3) is 0.167. The number of ether oxygens (including phenoxy) is 3. The summed E-state index contributed by atoms with van der Waals surface area (Å²) in [5.41, 5.74) is 9.11. The van der Waals surface area contributed by atoms with E-state index in [2.05, 4.69) is 4.98 Å². The average Bonchev–Trinajstić information content (AvgIpc) is 3.18. The number of anilines is 1. The molecule has 0 fully saturated rings. The number of benzene rings is 2. The number of pyridine rings is 1. The van der Waals surface area contributed by atoms with Gasteiger partial charge in [-0.3, -0.25) is 9.36 Å². The molecule has 0 atom stereocenters. The van der Waals surface area contributed by atoms with Crippen LogP contribution >= 0.6 is 0 Å². The summed E-state index contributed by atoms with van der Waals surface area (Å²) in [7, 11) is 3.18. The van der Waals surface area contributed by atoms with E-state index >= 15 is 0 Å². The Kier molecular flexibility index (Phi) is 5.49. The molecule has 0 amide bonds. The highest BCUT2D eigenvalue weighted by atomic mass is 16.5. The zero-order valence-electron chi connectivity index (χ0n) is 17.6. The number of carbonyl (C=O) groups is 1. The lowest BCUT2D eigenvalue weighted by molar-refractivity contribution is 0.0961. The number of aromatic nitrogens is 2. The predicted octanol–water partition coefficient (Wildman–Crippen LogP) is 4.39. The van der Waals surface area contributed by atoms with E-state index in [0.717, 1.165) is 16.5 Å². The third-order valence-electron chi connectivity index (χ3n) is 5.01. The molecule has 2 aromatic heterocycles. The molecule has 2 N–H and O–H groups in total. The van der Waals surface area contributed by atoms with Crippen LogP contribution in [0.1, 0.15) is 17.3 Å². The summed E-state index contributed by atoms with van der Waals surface area (Å²) in [6, 6.07) is 14.4. The number of fused-ring (bicyclic) bond motifs is 1. The fourth-order valence-electron chi connectivity index (χ4n) is 3.57. The fourth-order valence-corrected chi connectivity index (χ4v) is 3.57. The second-order valence-electron chi connectivity index (χ2n) is 6.85. The van der Waals surface area contributed by atoms with Crippen LogP contribution in [-0.2, 0) is 0 Å². The molecule has 0 radical (unpaired) electrons. The molecule has 0 aliphatic heterocycles. The van der Waals surface area contributed by atoms with Crippen LogP contribution in [0.25, 0.3) is 22.2 Å². The van der Waals surface area contributed by atoms with Crippen molar-refractivity contribution in [2.45, 2.75) is 6.92 Å². The van der Waals surface area contributed by atoms with Crippen molar-refractivity contribution in [1.82, 2.24) is 9.55 Å². The minimum absolute atomic E-state index is 0.251. The van der Waals surface area contributed by atoms with Crippen molar-refractivity contribution in [1.29, 1.82) is 0 Å². The minimum Gasteiger partial charge on any atom is -0.493 e. The maximum absolute atomic E-state index is 13.5. The Morgan fingerprint density at radius 3 is 2.58 bits per heavy atom. The number of nitrogens with two attached hydrogens (primary N) is 1. The van der Waals surface area contributed by atoms with Crippen molar-refractivity contribution in [2.75, 3.05) is 26.6 Å². The molecule has 0 saturated heterocycles. The first kappa shape index (κ1) is 20.3. The third-order valence-corrected chi connectivity index (χ3v) is 5.01. The van der Waals surface area contributed by atoms with Crippen molar-refractivity contribution in [3.8, 4) is 28.4 Å². The second kappa shape index (κ2) is 8.39. The summed E-state index contributed by atoms with van der Waals surface area (Å²) in [6.07, 6.45) is 3.45. The number of nitrogen functional groups attached to an aromatic ring is 1. The van der Waals surface area contributed by atoms with Gasteiger partial charge in [-0.25, -0.2) is 4.98 Å². The van der Waals surface area contributed by atoms with E-state index < -0.39 is 0 Å². The first-order valence-electron chi connectivity index (χ1n) is 9.82. The van der Waals surface area contributed by atoms with Crippen LogP contribution in [0.3, 0.4) is 0 Å². The maximum atomic E-state index is 13.5. The van der Waals surface area contributed by atoms with Crippen LogP contribution in [0.2, 0.25) is 0 Å². The number of nitrogens with zero attached hydrogens (tertiary/aromatic N) is 2. The number of methoxy groups -OCH3 is 2. The largest absolute Gasteiger partial charge is 0.493 e. The summed E-state index contributed by atoms with van der Waals surface area (Å²) in [5.74, 6) is 1.43. The van der Waals surface area contributed by atoms with Crippen molar-refractivity contribution < 1.29 is 19.0 Å². The van der Waals surface area contributed by atoms with Gasteiger partial charge < -0.3 is 19.9 Å². The smallest absolute Gasteiger partial charge is 0.267 e. The first-order valence-corrected chi connectivity index (χ1v) is 9.82. The summed E-state index contributed by atoms with van der Waals surface area (Å²) in [4.78, 5) is 18.0. The topological polar surface area (TPSA) is 88.6 Å². The van der Waals surface area contributed by atoms with Crippen molar-refractivity contribution in [3.63, 3.8) is 0 Å². The first-order chi connectivity index (χ1) is 15.1. The number of hydrogen-bond donors (Lipinski definition) is 1. The van der Waals surface area contributed by atoms with Gasteiger partial charge in [0.1, 0.15) is 11.4 Å². The van der Waals surface area contributed by atoms with Gasteiger partial charge in [0.15, 0.2) is 11.5 Å². The Bertz CT molecular complexity index is 1260. The second-order valence-corrected chi connectivity index (χ2v) is 6.85. The lowest BCUT2D eigenvalue weighted by Crippen LogP contribution is -2.13. The van der Waals surface area contributed by atoms with Gasteiger partial charge in [-0.2, -0.15) is 0 Å². The maximum Gasteiger partial charge on any atom is 0.267 e. The van der Waals surface area contributed by atoms with Gasteiger partial charge in [0.25, 0.3) is 5.91 Å². The van der Waals surface area contributed by atoms with E-state index in [1.165, 1.54) is 4.57 Å². The molecule has 7 heteroatoms. The van der Waals surface area contributed by atoms with Crippen LogP contribution in [0, 0.1) is 0 Å². The Balaban J connectivity index is 1.88. The molecule has 4 aromatic rings. The monoisotopic (exact) mass is 417 g/mol. The Labute approximate surface area is 180 Å². The van der Waals surface area contributed by atoms with Crippen molar-refractivity contribution in [2.24, 2.45) is 0 Å². The van der Waals surface area contributed by atoms with E-state index in [4.69, 9.17) is 19.9 Å². The van der Waals surface area contributed by atoms with Crippen LogP contribution < -0.4 is 19.9 Å². The molecule has 0 saturated carbocycles. The van der Waals surface area contributed by atoms with Gasteiger partial charge in [-0.15, -0.1) is 0 Å². The molecule has 2 aromatic carbocycles. The van der Waals surface area contributed by atoms with E-state index in [0.29, 0.717) is 40.8 Å². The Morgan fingerprint density at radius 1 is 1.03 bits per heavy atom. The molecular weight excluding hydrogens is 394 g/mol. The van der Waals surface area contributed by atoms with Crippen LogP contribution in [0.4, 0.5) is 5.69 Å². The Hall–Kier alpha value is -4.00. The predicted molar refractivity (Wildman–Crippen MR) is 120 cm³/mol. The molecule has 0 aliphatic carbocycles. The quantitative estimate of drug-likeness (QED) is 0.468. The van der Waals surface area contributed by atoms with E-state index in [-0.39, 0.29) is 5.91 Å². The Morgan fingerprint density at radius 2 is 1.84 bits per heavy atom. The van der Waals surface area contributed by atoms with E-state index in [1.54, 1.807) is 44.8 Å². The molecule has 0 spiro atoms. The lowest BCUT2D eigenvalue weighted by atomic mass is 10.1. The van der Waals surface area contributed by atoms with Crippen molar-refractivity contribution in [3.05, 3.63) is 66.5 Å².